The number of rotatable bonds is 7. The second kappa shape index (κ2) is 7.29. The molecular formula is C18H19N3O4. The molecule has 1 aliphatic rings. The smallest absolute Gasteiger partial charge is 0.325 e. The molecule has 0 saturated heterocycles. The molecule has 3 rings (SSSR count). The molecule has 1 aliphatic carbocycles. The number of anilines is 1. The third kappa shape index (κ3) is 4.32. The number of aryl methyl sites for hydroxylation is 2. The van der Waals surface area contributed by atoms with Gasteiger partial charge in [-0.3, -0.25) is 19.1 Å². The van der Waals surface area contributed by atoms with Gasteiger partial charge in [0.05, 0.1) is 0 Å². The van der Waals surface area contributed by atoms with E-state index < -0.39 is 5.97 Å². The molecule has 25 heavy (non-hydrogen) atoms. The third-order valence-electron chi connectivity index (χ3n) is 4.21. The zero-order chi connectivity index (χ0) is 17.8. The molecule has 0 unspecified atom stereocenters. The lowest BCUT2D eigenvalue weighted by Crippen LogP contribution is -2.15. The lowest BCUT2D eigenvalue weighted by molar-refractivity contribution is -0.137. The van der Waals surface area contributed by atoms with Gasteiger partial charge in [0.1, 0.15) is 6.54 Å². The highest BCUT2D eigenvalue weighted by Crippen LogP contribution is 2.23. The molecule has 1 amide bonds. The highest BCUT2D eigenvalue weighted by molar-refractivity contribution is 6.00. The Bertz CT molecular complexity index is 825. The number of hydrogen-bond acceptors (Lipinski definition) is 4. The van der Waals surface area contributed by atoms with Crippen molar-refractivity contribution in [1.82, 2.24) is 9.78 Å². The minimum Gasteiger partial charge on any atom is -0.480 e. The van der Waals surface area contributed by atoms with Crippen LogP contribution < -0.4 is 5.32 Å². The Labute approximate surface area is 144 Å². The van der Waals surface area contributed by atoms with Gasteiger partial charge >= 0.3 is 5.97 Å². The number of carboxylic acids is 1. The van der Waals surface area contributed by atoms with Crippen molar-refractivity contribution in [2.24, 2.45) is 0 Å². The molecule has 0 atom stereocenters. The number of fused-ring (bicyclic) bond motifs is 1. The van der Waals surface area contributed by atoms with Crippen LogP contribution in [0.15, 0.2) is 30.5 Å². The Balaban J connectivity index is 1.51. The predicted octanol–water partition coefficient (Wildman–Crippen LogP) is 2.06. The number of carbonyl (C=O) groups excluding carboxylic acids is 2. The fourth-order valence-corrected chi connectivity index (χ4v) is 2.98. The summed E-state index contributed by atoms with van der Waals surface area (Å²) in [7, 11) is 0. The van der Waals surface area contributed by atoms with Gasteiger partial charge in [-0.05, 0) is 36.5 Å². The van der Waals surface area contributed by atoms with E-state index in [0.29, 0.717) is 5.56 Å². The molecule has 0 radical (unpaired) electrons. The maximum atomic E-state index is 12.3. The largest absolute Gasteiger partial charge is 0.480 e. The van der Waals surface area contributed by atoms with Gasteiger partial charge in [0.2, 0.25) is 5.91 Å². The summed E-state index contributed by atoms with van der Waals surface area (Å²) >= 11 is 0. The van der Waals surface area contributed by atoms with E-state index in [1.54, 1.807) is 0 Å². The number of aromatic nitrogens is 2. The fourth-order valence-electron chi connectivity index (χ4n) is 2.98. The monoisotopic (exact) mass is 341 g/mol. The number of hydrogen-bond donors (Lipinski definition) is 2. The molecule has 1 aromatic carbocycles. The summed E-state index contributed by atoms with van der Waals surface area (Å²) in [5.74, 6) is -1.12. The van der Waals surface area contributed by atoms with Gasteiger partial charge in [-0.1, -0.05) is 12.1 Å². The Kier molecular flexibility index (Phi) is 4.92. The van der Waals surface area contributed by atoms with Crippen LogP contribution >= 0.6 is 0 Å². The van der Waals surface area contributed by atoms with Crippen LogP contribution in [0, 0.1) is 0 Å². The van der Waals surface area contributed by atoms with Crippen LogP contribution in [0.25, 0.3) is 0 Å². The number of carbonyl (C=O) groups is 3. The summed E-state index contributed by atoms with van der Waals surface area (Å²) < 4.78 is 1.22. The maximum Gasteiger partial charge on any atom is 0.325 e. The molecule has 0 saturated carbocycles. The Morgan fingerprint density at radius 3 is 2.72 bits per heavy atom. The van der Waals surface area contributed by atoms with Crippen molar-refractivity contribution in [3.63, 3.8) is 0 Å². The van der Waals surface area contributed by atoms with Gasteiger partial charge < -0.3 is 10.4 Å². The number of nitrogens with zero attached hydrogens (tertiary/aromatic N) is 2. The normalized spacial score (nSPS) is 12.6. The van der Waals surface area contributed by atoms with Crippen molar-refractivity contribution < 1.29 is 19.5 Å². The average Bonchev–Trinajstić information content (AvgIpc) is 3.20. The number of nitrogens with one attached hydrogen (secondary N) is 1. The van der Waals surface area contributed by atoms with Gasteiger partial charge in [0.15, 0.2) is 11.6 Å². The minimum absolute atomic E-state index is 0.0544. The molecule has 1 heterocycles. The van der Waals surface area contributed by atoms with E-state index in [-0.39, 0.29) is 36.9 Å². The topological polar surface area (TPSA) is 101 Å². The summed E-state index contributed by atoms with van der Waals surface area (Å²) in [5, 5.41) is 15.2. The summed E-state index contributed by atoms with van der Waals surface area (Å²) in [4.78, 5) is 34.8. The molecule has 0 aliphatic heterocycles. The van der Waals surface area contributed by atoms with Crippen LogP contribution in [-0.4, -0.2) is 32.5 Å². The van der Waals surface area contributed by atoms with Crippen LogP contribution in [-0.2, 0) is 29.0 Å². The first-order valence-electron chi connectivity index (χ1n) is 8.21. The lowest BCUT2D eigenvalue weighted by atomic mass is 10.0. The van der Waals surface area contributed by atoms with Gasteiger partial charge in [-0.15, -0.1) is 0 Å². The zero-order valence-corrected chi connectivity index (χ0v) is 13.7. The van der Waals surface area contributed by atoms with E-state index in [1.807, 2.05) is 18.2 Å². The van der Waals surface area contributed by atoms with Crippen LogP contribution in [0.3, 0.4) is 0 Å². The van der Waals surface area contributed by atoms with Gasteiger partial charge in [0, 0.05) is 30.7 Å². The van der Waals surface area contributed by atoms with Gasteiger partial charge in [-0.2, -0.15) is 5.10 Å². The van der Waals surface area contributed by atoms with E-state index in [1.165, 1.54) is 28.1 Å². The van der Waals surface area contributed by atoms with Crippen molar-refractivity contribution >= 4 is 23.5 Å². The molecule has 2 aromatic rings. The zero-order valence-electron chi connectivity index (χ0n) is 13.7. The molecule has 0 fully saturated rings. The first kappa shape index (κ1) is 16.9. The molecule has 0 spiro atoms. The van der Waals surface area contributed by atoms with Crippen LogP contribution in [0.1, 0.15) is 40.7 Å². The number of Topliss-reactive ketones (excluding diaryl/α,β-unsaturated/α-hetero) is 1. The molecule has 1 aromatic heterocycles. The van der Waals surface area contributed by atoms with Crippen LogP contribution in [0.4, 0.5) is 5.82 Å². The maximum absolute atomic E-state index is 12.3. The molecular weight excluding hydrogens is 322 g/mol. The van der Waals surface area contributed by atoms with E-state index in [0.717, 1.165) is 19.3 Å². The number of carboxylic acid groups (broad SMARTS) is 1. The highest BCUT2D eigenvalue weighted by atomic mass is 16.4. The SMILES string of the molecule is O=C(O)Cn1ccc(NC(=O)CCC(=O)c2ccc3c(c2)CCC3)n1. The summed E-state index contributed by atoms with van der Waals surface area (Å²) in [6.45, 7) is -0.271. The van der Waals surface area contributed by atoms with Crippen molar-refractivity contribution in [3.8, 4) is 0 Å². The van der Waals surface area contributed by atoms with E-state index in [4.69, 9.17) is 5.11 Å². The molecule has 0 bridgehead atoms. The van der Waals surface area contributed by atoms with Crippen molar-refractivity contribution in [3.05, 3.63) is 47.2 Å². The average molecular weight is 341 g/mol. The van der Waals surface area contributed by atoms with Crippen molar-refractivity contribution in [2.75, 3.05) is 5.32 Å². The van der Waals surface area contributed by atoms with Gasteiger partial charge in [-0.25, -0.2) is 0 Å². The second-order valence-corrected chi connectivity index (χ2v) is 6.10. The van der Waals surface area contributed by atoms with Crippen LogP contribution in [0.5, 0.6) is 0 Å². The number of benzene rings is 1. The Hall–Kier alpha value is -2.96. The summed E-state index contributed by atoms with van der Waals surface area (Å²) in [6, 6.07) is 7.29. The Morgan fingerprint density at radius 2 is 1.92 bits per heavy atom. The predicted molar refractivity (Wildman–Crippen MR) is 90.5 cm³/mol. The summed E-state index contributed by atoms with van der Waals surface area (Å²) in [5.41, 5.74) is 3.20. The summed E-state index contributed by atoms with van der Waals surface area (Å²) in [6.07, 6.45) is 4.86. The minimum atomic E-state index is -1.01. The fraction of sp³-hybridized carbons (Fsp3) is 0.333. The molecule has 7 heteroatoms. The lowest BCUT2D eigenvalue weighted by Gasteiger charge is -2.05. The van der Waals surface area contributed by atoms with E-state index >= 15 is 0 Å². The molecule has 130 valence electrons. The molecule has 2 N–H and O–H groups in total. The van der Waals surface area contributed by atoms with Crippen LogP contribution in [0.2, 0.25) is 0 Å². The quantitative estimate of drug-likeness (QED) is 0.751. The third-order valence-corrected chi connectivity index (χ3v) is 4.21. The van der Waals surface area contributed by atoms with E-state index in [9.17, 15) is 14.4 Å². The van der Waals surface area contributed by atoms with Crippen molar-refractivity contribution in [2.45, 2.75) is 38.6 Å². The molecule has 7 nitrogen and oxygen atoms in total. The number of aliphatic carboxylic acids is 1. The number of amides is 1. The number of ketones is 1. The van der Waals surface area contributed by atoms with Gasteiger partial charge in [0.25, 0.3) is 0 Å². The van der Waals surface area contributed by atoms with E-state index in [2.05, 4.69) is 10.4 Å². The first-order chi connectivity index (χ1) is 12.0. The van der Waals surface area contributed by atoms with Crippen molar-refractivity contribution in [1.29, 1.82) is 0 Å². The highest BCUT2D eigenvalue weighted by Gasteiger charge is 2.15. The standard InChI is InChI=1S/C18H19N3O4/c22-15(14-5-4-12-2-1-3-13(12)10-14)6-7-17(23)19-16-8-9-21(20-16)11-18(24)25/h4-5,8-10H,1-3,6-7,11H2,(H,24,25)(H,19,20,23). The Morgan fingerprint density at radius 1 is 1.12 bits per heavy atom. The second-order valence-electron chi connectivity index (χ2n) is 6.10. The first-order valence-corrected chi connectivity index (χ1v) is 8.21.